The van der Waals surface area contributed by atoms with Crippen molar-refractivity contribution in [3.63, 3.8) is 0 Å². The quantitative estimate of drug-likeness (QED) is 0.784. The molecule has 1 aliphatic rings. The zero-order valence-corrected chi connectivity index (χ0v) is 11.3. The molecule has 20 heavy (non-hydrogen) atoms. The van der Waals surface area contributed by atoms with E-state index in [0.717, 1.165) is 32.5 Å². The van der Waals surface area contributed by atoms with Crippen LogP contribution in [0.4, 0.5) is 10.2 Å². The Morgan fingerprint density at radius 3 is 2.65 bits per heavy atom. The molecule has 2 heterocycles. The summed E-state index contributed by atoms with van der Waals surface area (Å²) >= 11 is 0. The van der Waals surface area contributed by atoms with Crippen LogP contribution in [-0.4, -0.2) is 49.4 Å². The molecule has 1 aliphatic heterocycles. The third-order valence-electron chi connectivity index (χ3n) is 3.71. The highest BCUT2D eigenvalue weighted by Gasteiger charge is 2.18. The van der Waals surface area contributed by atoms with Crippen LogP contribution in [0.1, 0.15) is 10.4 Å². The van der Waals surface area contributed by atoms with Crippen LogP contribution in [0.25, 0.3) is 10.9 Å². The van der Waals surface area contributed by atoms with Gasteiger partial charge >= 0.3 is 0 Å². The number of pyridine rings is 1. The number of halogens is 1. The average molecular weight is 273 g/mol. The van der Waals surface area contributed by atoms with Gasteiger partial charge in [-0.05, 0) is 31.3 Å². The van der Waals surface area contributed by atoms with Crippen molar-refractivity contribution >= 4 is 23.0 Å². The largest absolute Gasteiger partial charge is 0.353 e. The lowest BCUT2D eigenvalue weighted by atomic mass is 10.1. The first-order valence-electron chi connectivity index (χ1n) is 6.66. The molecule has 104 valence electrons. The molecule has 5 heteroatoms. The second-order valence-electron chi connectivity index (χ2n) is 5.15. The molecule has 0 unspecified atom stereocenters. The van der Waals surface area contributed by atoms with E-state index in [1.165, 1.54) is 12.1 Å². The Hall–Kier alpha value is -2.01. The third kappa shape index (κ3) is 2.36. The van der Waals surface area contributed by atoms with E-state index < -0.39 is 0 Å². The molecule has 4 nitrogen and oxygen atoms in total. The number of carbonyl (C=O) groups is 1. The Morgan fingerprint density at radius 2 is 1.95 bits per heavy atom. The Labute approximate surface area is 116 Å². The van der Waals surface area contributed by atoms with Gasteiger partial charge in [0.2, 0.25) is 0 Å². The number of hydrogen-bond acceptors (Lipinski definition) is 4. The summed E-state index contributed by atoms with van der Waals surface area (Å²) in [5, 5.41) is 0.657. The molecule has 0 amide bonds. The smallest absolute Gasteiger partial charge is 0.153 e. The lowest BCUT2D eigenvalue weighted by molar-refractivity contribution is 0.112. The maximum absolute atomic E-state index is 13.2. The number of aromatic nitrogens is 1. The Kier molecular flexibility index (Phi) is 3.36. The fraction of sp³-hybridized carbons (Fsp3) is 0.333. The normalized spacial score (nSPS) is 16.6. The van der Waals surface area contributed by atoms with Crippen LogP contribution in [0.2, 0.25) is 0 Å². The molecule has 0 bridgehead atoms. The number of carbonyl (C=O) groups excluding carboxylic acids is 1. The minimum Gasteiger partial charge on any atom is -0.353 e. The van der Waals surface area contributed by atoms with Crippen molar-refractivity contribution in [1.29, 1.82) is 0 Å². The van der Waals surface area contributed by atoms with Crippen molar-refractivity contribution in [2.75, 3.05) is 38.1 Å². The van der Waals surface area contributed by atoms with Crippen LogP contribution in [0.5, 0.6) is 0 Å². The van der Waals surface area contributed by atoms with Gasteiger partial charge in [-0.25, -0.2) is 9.37 Å². The minimum atomic E-state index is -0.316. The number of anilines is 1. The monoisotopic (exact) mass is 273 g/mol. The Balaban J connectivity index is 2.05. The first-order chi connectivity index (χ1) is 9.67. The summed E-state index contributed by atoms with van der Waals surface area (Å²) in [6.45, 7) is 3.58. The second-order valence-corrected chi connectivity index (χ2v) is 5.15. The van der Waals surface area contributed by atoms with E-state index in [0.29, 0.717) is 22.3 Å². The SMILES string of the molecule is CN1CCN(c2nc3ccc(F)cc3cc2C=O)CC1. The van der Waals surface area contributed by atoms with Gasteiger partial charge in [0.1, 0.15) is 11.6 Å². The molecule has 0 saturated carbocycles. The van der Waals surface area contributed by atoms with Gasteiger partial charge < -0.3 is 9.80 Å². The van der Waals surface area contributed by atoms with E-state index in [1.54, 1.807) is 12.1 Å². The maximum atomic E-state index is 13.2. The van der Waals surface area contributed by atoms with Crippen LogP contribution in [0.15, 0.2) is 24.3 Å². The van der Waals surface area contributed by atoms with Crippen molar-refractivity contribution < 1.29 is 9.18 Å². The minimum absolute atomic E-state index is 0.316. The average Bonchev–Trinajstić information content (AvgIpc) is 2.46. The summed E-state index contributed by atoms with van der Waals surface area (Å²) in [4.78, 5) is 20.2. The van der Waals surface area contributed by atoms with E-state index in [9.17, 15) is 9.18 Å². The molecule has 0 aliphatic carbocycles. The number of fused-ring (bicyclic) bond motifs is 1. The number of rotatable bonds is 2. The number of aldehydes is 1. The van der Waals surface area contributed by atoms with Crippen molar-refractivity contribution in [2.24, 2.45) is 0 Å². The van der Waals surface area contributed by atoms with Gasteiger partial charge in [0, 0.05) is 31.6 Å². The molecule has 3 rings (SSSR count). The topological polar surface area (TPSA) is 36.4 Å². The summed E-state index contributed by atoms with van der Waals surface area (Å²) in [6, 6.07) is 6.16. The lowest BCUT2D eigenvalue weighted by Crippen LogP contribution is -2.45. The Bertz CT molecular complexity index is 651. The molecular weight excluding hydrogens is 257 g/mol. The fourth-order valence-electron chi connectivity index (χ4n) is 2.51. The first kappa shape index (κ1) is 13.0. The molecule has 0 spiro atoms. The molecule has 1 fully saturated rings. The highest BCUT2D eigenvalue weighted by molar-refractivity contribution is 5.91. The summed E-state index contributed by atoms with van der Waals surface area (Å²) in [5.41, 5.74) is 1.23. The number of piperazine rings is 1. The van der Waals surface area contributed by atoms with Crippen LogP contribution in [-0.2, 0) is 0 Å². The third-order valence-corrected chi connectivity index (χ3v) is 3.71. The van der Waals surface area contributed by atoms with Crippen molar-refractivity contribution in [2.45, 2.75) is 0 Å². The number of nitrogens with zero attached hydrogens (tertiary/aromatic N) is 3. The predicted molar refractivity (Wildman–Crippen MR) is 76.8 cm³/mol. The summed E-state index contributed by atoms with van der Waals surface area (Å²) in [7, 11) is 2.08. The Morgan fingerprint density at radius 1 is 1.20 bits per heavy atom. The van der Waals surface area contributed by atoms with Gasteiger partial charge in [0.15, 0.2) is 6.29 Å². The maximum Gasteiger partial charge on any atom is 0.153 e. The zero-order chi connectivity index (χ0) is 14.1. The summed E-state index contributed by atoms with van der Waals surface area (Å²) in [5.74, 6) is 0.385. The standard InChI is InChI=1S/C15H16FN3O/c1-18-4-6-19(7-5-18)15-12(10-20)8-11-9-13(16)2-3-14(11)17-15/h2-3,8-10H,4-7H2,1H3. The van der Waals surface area contributed by atoms with E-state index in [4.69, 9.17) is 0 Å². The van der Waals surface area contributed by atoms with Gasteiger partial charge in [0.25, 0.3) is 0 Å². The predicted octanol–water partition coefficient (Wildman–Crippen LogP) is 1.94. The van der Waals surface area contributed by atoms with Crippen LogP contribution in [0, 0.1) is 5.82 Å². The second kappa shape index (κ2) is 5.17. The summed E-state index contributed by atoms with van der Waals surface area (Å²) < 4.78 is 13.2. The molecule has 0 radical (unpaired) electrons. The molecule has 1 saturated heterocycles. The van der Waals surface area contributed by atoms with Gasteiger partial charge in [0.05, 0.1) is 11.1 Å². The van der Waals surface area contributed by atoms with Crippen molar-refractivity contribution in [3.05, 3.63) is 35.6 Å². The van der Waals surface area contributed by atoms with E-state index in [1.807, 2.05) is 0 Å². The molecule has 1 aromatic heterocycles. The number of benzene rings is 1. The van der Waals surface area contributed by atoms with Gasteiger partial charge in [-0.15, -0.1) is 0 Å². The van der Waals surface area contributed by atoms with Gasteiger partial charge in [-0.3, -0.25) is 4.79 Å². The van der Waals surface area contributed by atoms with Gasteiger partial charge in [-0.2, -0.15) is 0 Å². The molecule has 2 aromatic rings. The number of hydrogen-bond donors (Lipinski definition) is 0. The molecular formula is C15H16FN3O. The van der Waals surface area contributed by atoms with Gasteiger partial charge in [-0.1, -0.05) is 0 Å². The highest BCUT2D eigenvalue weighted by Crippen LogP contribution is 2.24. The van der Waals surface area contributed by atoms with Crippen LogP contribution >= 0.6 is 0 Å². The highest BCUT2D eigenvalue weighted by atomic mass is 19.1. The van der Waals surface area contributed by atoms with E-state index in [-0.39, 0.29) is 5.82 Å². The fourth-order valence-corrected chi connectivity index (χ4v) is 2.51. The number of likely N-dealkylation sites (N-methyl/N-ethyl adjacent to an activating group) is 1. The van der Waals surface area contributed by atoms with Crippen LogP contribution < -0.4 is 4.90 Å². The molecule has 1 aromatic carbocycles. The lowest BCUT2D eigenvalue weighted by Gasteiger charge is -2.33. The van der Waals surface area contributed by atoms with E-state index >= 15 is 0 Å². The van der Waals surface area contributed by atoms with Crippen molar-refractivity contribution in [3.8, 4) is 0 Å². The van der Waals surface area contributed by atoms with Crippen molar-refractivity contribution in [1.82, 2.24) is 9.88 Å². The zero-order valence-electron chi connectivity index (χ0n) is 11.3. The first-order valence-corrected chi connectivity index (χ1v) is 6.66. The molecule has 0 atom stereocenters. The van der Waals surface area contributed by atoms with Crippen LogP contribution in [0.3, 0.4) is 0 Å². The molecule has 0 N–H and O–H groups in total. The summed E-state index contributed by atoms with van der Waals surface area (Å²) in [6.07, 6.45) is 0.797. The van der Waals surface area contributed by atoms with E-state index in [2.05, 4.69) is 21.8 Å².